The normalized spacial score (nSPS) is 16.6. The fourth-order valence-corrected chi connectivity index (χ4v) is 5.32. The number of nitrogens with one attached hydrogen (secondary N) is 1. The van der Waals surface area contributed by atoms with Crippen LogP contribution in [0.25, 0.3) is 0 Å². The van der Waals surface area contributed by atoms with Gasteiger partial charge in [-0.25, -0.2) is 14.0 Å². The van der Waals surface area contributed by atoms with Crippen LogP contribution in [0.3, 0.4) is 0 Å². The Morgan fingerprint density at radius 1 is 1.07 bits per heavy atom. The number of hydrogen-bond acceptors (Lipinski definition) is 9. The van der Waals surface area contributed by atoms with Gasteiger partial charge in [-0.3, -0.25) is 10.2 Å². The second-order valence-electron chi connectivity index (χ2n) is 11.7. The first-order valence-corrected chi connectivity index (χ1v) is 13.8. The van der Waals surface area contributed by atoms with Crippen molar-refractivity contribution in [1.29, 1.82) is 5.41 Å². The van der Waals surface area contributed by atoms with Crippen LogP contribution in [0.5, 0.6) is 17.2 Å². The molecule has 2 aromatic rings. The van der Waals surface area contributed by atoms with E-state index < -0.39 is 47.8 Å². The van der Waals surface area contributed by atoms with Crippen molar-refractivity contribution in [3.8, 4) is 17.2 Å². The Kier molecular flexibility index (Phi) is 9.33. The van der Waals surface area contributed by atoms with E-state index in [-0.39, 0.29) is 71.6 Å². The van der Waals surface area contributed by atoms with Gasteiger partial charge in [0, 0.05) is 30.8 Å². The molecule has 0 amide bonds. The molecule has 1 fully saturated rings. The molecule has 2 N–H and O–H groups in total. The molecule has 2 aliphatic rings. The summed E-state index contributed by atoms with van der Waals surface area (Å²) >= 11 is 0. The van der Waals surface area contributed by atoms with Crippen molar-refractivity contribution < 1.29 is 56.0 Å². The van der Waals surface area contributed by atoms with Gasteiger partial charge in [0.25, 0.3) is 0 Å². The standard InChI is InChI=1S/C30H33F4N3O8/c1-29(2,3)18-8-15(20(38)13-37-11-16-10-21(42-4)26(43-5)24(31)23(16)27(37)35)9-19(25(18)45-28(41)30(32,33)34)36-7-6-17(12-36)44-14-22(39)40/h8-10,17,35H,6-7,11-14H2,1-5H3,(H,39,40). The second-order valence-corrected chi connectivity index (χ2v) is 11.7. The largest absolute Gasteiger partial charge is 0.493 e. The van der Waals surface area contributed by atoms with Crippen molar-refractivity contribution in [2.24, 2.45) is 0 Å². The minimum atomic E-state index is -5.30. The molecule has 244 valence electrons. The highest BCUT2D eigenvalue weighted by Gasteiger charge is 2.43. The first-order chi connectivity index (χ1) is 21.0. The van der Waals surface area contributed by atoms with Crippen molar-refractivity contribution >= 4 is 29.2 Å². The fraction of sp³-hybridized carbons (Fsp3) is 0.467. The lowest BCUT2D eigenvalue weighted by Gasteiger charge is -2.29. The van der Waals surface area contributed by atoms with Crippen LogP contribution in [-0.2, 0) is 26.3 Å². The molecule has 0 aromatic heterocycles. The summed E-state index contributed by atoms with van der Waals surface area (Å²) in [6.45, 7) is 4.32. The number of anilines is 1. The minimum Gasteiger partial charge on any atom is -0.493 e. The zero-order chi connectivity index (χ0) is 33.4. The molecule has 1 saturated heterocycles. The molecule has 45 heavy (non-hydrogen) atoms. The van der Waals surface area contributed by atoms with Gasteiger partial charge in [-0.2, -0.15) is 13.2 Å². The van der Waals surface area contributed by atoms with Crippen molar-refractivity contribution in [2.45, 2.75) is 51.4 Å². The van der Waals surface area contributed by atoms with E-state index in [1.807, 2.05) is 0 Å². The number of carbonyl (C=O) groups is 3. The van der Waals surface area contributed by atoms with Gasteiger partial charge in [-0.1, -0.05) is 20.8 Å². The summed E-state index contributed by atoms with van der Waals surface area (Å²) < 4.78 is 75.8. The third kappa shape index (κ3) is 6.97. The number of hydrogen-bond donors (Lipinski definition) is 2. The van der Waals surface area contributed by atoms with Crippen molar-refractivity contribution in [2.75, 3.05) is 45.4 Å². The smallest absolute Gasteiger partial charge is 0.491 e. The molecule has 2 aliphatic heterocycles. The topological polar surface area (TPSA) is 139 Å². The number of ketones is 1. The molecule has 11 nitrogen and oxygen atoms in total. The van der Waals surface area contributed by atoms with Crippen LogP contribution in [0, 0.1) is 11.2 Å². The highest BCUT2D eigenvalue weighted by Crippen LogP contribution is 2.43. The number of carbonyl (C=O) groups excluding carboxylic acids is 2. The number of alkyl halides is 3. The van der Waals surface area contributed by atoms with Gasteiger partial charge in [0.2, 0.25) is 0 Å². The summed E-state index contributed by atoms with van der Waals surface area (Å²) in [6, 6.07) is 4.17. The highest BCUT2D eigenvalue weighted by atomic mass is 19.4. The van der Waals surface area contributed by atoms with Crippen LogP contribution in [0.2, 0.25) is 0 Å². The van der Waals surface area contributed by atoms with Crippen LogP contribution in [-0.4, -0.2) is 86.3 Å². The van der Waals surface area contributed by atoms with E-state index in [0.29, 0.717) is 12.0 Å². The lowest BCUT2D eigenvalue weighted by molar-refractivity contribution is -0.189. The van der Waals surface area contributed by atoms with Crippen molar-refractivity contribution in [1.82, 2.24) is 4.90 Å². The van der Waals surface area contributed by atoms with Crippen LogP contribution in [0.1, 0.15) is 54.2 Å². The average Bonchev–Trinajstić information content (AvgIpc) is 3.54. The van der Waals surface area contributed by atoms with E-state index in [1.54, 1.807) is 25.7 Å². The number of aliphatic carboxylic acids is 1. The summed E-state index contributed by atoms with van der Waals surface area (Å²) in [7, 11) is 2.60. The predicted octanol–water partition coefficient (Wildman–Crippen LogP) is 4.31. The number of halogens is 4. The molecular formula is C30H33F4N3O8. The van der Waals surface area contributed by atoms with Crippen LogP contribution in [0.15, 0.2) is 18.2 Å². The summed E-state index contributed by atoms with van der Waals surface area (Å²) in [5.41, 5.74) is -0.358. The number of fused-ring (bicyclic) bond motifs is 1. The van der Waals surface area contributed by atoms with Gasteiger partial charge in [0.15, 0.2) is 28.8 Å². The molecule has 4 rings (SSSR count). The monoisotopic (exact) mass is 639 g/mol. The molecule has 0 aliphatic carbocycles. The third-order valence-electron chi connectivity index (χ3n) is 7.50. The molecule has 2 aromatic carbocycles. The number of esters is 1. The van der Waals surface area contributed by atoms with E-state index >= 15 is 4.39 Å². The molecule has 0 saturated carbocycles. The van der Waals surface area contributed by atoms with Gasteiger partial charge in [0.1, 0.15) is 12.4 Å². The molecule has 15 heteroatoms. The maximum absolute atomic E-state index is 15.3. The Morgan fingerprint density at radius 2 is 1.76 bits per heavy atom. The third-order valence-corrected chi connectivity index (χ3v) is 7.50. The molecule has 1 atom stereocenters. The maximum atomic E-state index is 15.3. The maximum Gasteiger partial charge on any atom is 0.491 e. The van der Waals surface area contributed by atoms with E-state index in [2.05, 4.69) is 0 Å². The zero-order valence-electron chi connectivity index (χ0n) is 25.3. The number of nitrogens with zero attached hydrogens (tertiary/aromatic N) is 2. The summed E-state index contributed by atoms with van der Waals surface area (Å²) in [6.07, 6.45) is -5.56. The molecule has 2 heterocycles. The average molecular weight is 640 g/mol. The summed E-state index contributed by atoms with van der Waals surface area (Å²) in [5, 5.41) is 17.5. The van der Waals surface area contributed by atoms with Crippen LogP contribution >= 0.6 is 0 Å². The molecule has 0 spiro atoms. The van der Waals surface area contributed by atoms with Gasteiger partial charge < -0.3 is 33.9 Å². The molecular weight excluding hydrogens is 606 g/mol. The Bertz CT molecular complexity index is 1540. The number of benzene rings is 2. The highest BCUT2D eigenvalue weighted by molar-refractivity contribution is 6.06. The summed E-state index contributed by atoms with van der Waals surface area (Å²) in [4.78, 5) is 39.7. The van der Waals surface area contributed by atoms with Crippen molar-refractivity contribution in [3.05, 3.63) is 46.3 Å². The zero-order valence-corrected chi connectivity index (χ0v) is 25.3. The molecule has 1 unspecified atom stereocenters. The number of amidine groups is 1. The number of ether oxygens (including phenoxy) is 4. The van der Waals surface area contributed by atoms with Gasteiger partial charge >= 0.3 is 18.1 Å². The number of carboxylic acids is 1. The second kappa shape index (κ2) is 12.5. The number of carboxylic acid groups (broad SMARTS) is 1. The van der Waals surface area contributed by atoms with E-state index in [4.69, 9.17) is 29.5 Å². The van der Waals surface area contributed by atoms with Gasteiger partial charge in [0.05, 0.1) is 38.1 Å². The number of Topliss-reactive ketones (excluding diaryl/α,β-unsaturated/α-hetero) is 1. The Labute approximate surface area is 256 Å². The first kappa shape index (κ1) is 33.5. The van der Waals surface area contributed by atoms with Crippen molar-refractivity contribution in [3.63, 3.8) is 0 Å². The lowest BCUT2D eigenvalue weighted by atomic mass is 9.84. The van der Waals surface area contributed by atoms with Gasteiger partial charge in [-0.05, 0) is 35.6 Å². The summed E-state index contributed by atoms with van der Waals surface area (Å²) in [5.74, 6) is -5.70. The van der Waals surface area contributed by atoms with Gasteiger partial charge in [-0.15, -0.1) is 0 Å². The van der Waals surface area contributed by atoms with E-state index in [1.165, 1.54) is 37.3 Å². The SMILES string of the molecule is COc1cc2c(c(F)c1OC)C(=N)N(CC(=O)c1cc(N3CCC(OCC(=O)O)C3)c(OC(=O)C(F)(F)F)c(C(C)(C)C)c1)C2. The van der Waals surface area contributed by atoms with Crippen LogP contribution < -0.4 is 19.1 Å². The van der Waals surface area contributed by atoms with Crippen LogP contribution in [0.4, 0.5) is 23.2 Å². The molecule has 0 radical (unpaired) electrons. The Balaban J connectivity index is 1.72. The fourth-order valence-electron chi connectivity index (χ4n) is 5.32. The first-order valence-electron chi connectivity index (χ1n) is 13.8. The quantitative estimate of drug-likeness (QED) is 0.167. The minimum absolute atomic E-state index is 0.00612. The number of rotatable bonds is 10. The Hall–Kier alpha value is -4.40. The van der Waals surface area contributed by atoms with E-state index in [0.717, 1.165) is 0 Å². The lowest BCUT2D eigenvalue weighted by Crippen LogP contribution is -2.32. The van der Waals surface area contributed by atoms with E-state index in [9.17, 15) is 27.6 Å². The predicted molar refractivity (Wildman–Crippen MR) is 152 cm³/mol. The number of methoxy groups -OCH3 is 2. The molecule has 0 bridgehead atoms. The Morgan fingerprint density at radius 3 is 2.33 bits per heavy atom.